The van der Waals surface area contributed by atoms with Gasteiger partial charge in [0.25, 0.3) is 0 Å². The topological polar surface area (TPSA) is 49.4 Å². The summed E-state index contributed by atoms with van der Waals surface area (Å²) in [5.74, 6) is 0.806. The first-order chi connectivity index (χ1) is 14.8. The van der Waals surface area contributed by atoms with Gasteiger partial charge in [-0.15, -0.1) is 0 Å². The third kappa shape index (κ3) is 8.20. The molecule has 0 aliphatic carbocycles. The number of hydrogen-bond donors (Lipinski definition) is 1. The Balaban J connectivity index is 2.04. The highest BCUT2D eigenvalue weighted by Gasteiger charge is 2.25. The average molecular weight is 423 g/mol. The first-order valence-corrected chi connectivity index (χ1v) is 11.5. The maximum atomic E-state index is 13.1. The van der Waals surface area contributed by atoms with E-state index in [1.165, 1.54) is 11.1 Å². The Labute approximate surface area is 188 Å². The summed E-state index contributed by atoms with van der Waals surface area (Å²) in [7, 11) is 0. The van der Waals surface area contributed by atoms with Crippen LogP contribution in [0.5, 0.6) is 0 Å². The summed E-state index contributed by atoms with van der Waals surface area (Å²) in [6.45, 7) is 11.5. The van der Waals surface area contributed by atoms with Gasteiger partial charge in [-0.25, -0.2) is 0 Å². The number of amides is 2. The van der Waals surface area contributed by atoms with Gasteiger partial charge in [0.15, 0.2) is 0 Å². The van der Waals surface area contributed by atoms with Crippen molar-refractivity contribution in [2.45, 2.75) is 65.8 Å². The summed E-state index contributed by atoms with van der Waals surface area (Å²) < 4.78 is 0. The molecule has 2 aromatic rings. The highest BCUT2D eigenvalue weighted by molar-refractivity contribution is 5.87. The molecule has 0 aliphatic heterocycles. The largest absolute Gasteiger partial charge is 0.354 e. The molecule has 0 spiro atoms. The summed E-state index contributed by atoms with van der Waals surface area (Å²) >= 11 is 0. The molecule has 1 atom stereocenters. The zero-order chi connectivity index (χ0) is 22.8. The molecule has 31 heavy (non-hydrogen) atoms. The second-order valence-electron chi connectivity index (χ2n) is 9.03. The van der Waals surface area contributed by atoms with Crippen LogP contribution in [-0.2, 0) is 22.4 Å². The Morgan fingerprint density at radius 1 is 0.839 bits per heavy atom. The second-order valence-corrected chi connectivity index (χ2v) is 9.03. The van der Waals surface area contributed by atoms with Crippen molar-refractivity contribution in [3.05, 3.63) is 71.3 Å². The molecule has 0 aromatic heterocycles. The van der Waals surface area contributed by atoms with E-state index in [0.717, 1.165) is 12.0 Å². The van der Waals surface area contributed by atoms with E-state index in [2.05, 4.69) is 69.4 Å². The number of hydrogen-bond acceptors (Lipinski definition) is 2. The lowest BCUT2D eigenvalue weighted by Gasteiger charge is -2.29. The fourth-order valence-corrected chi connectivity index (χ4v) is 3.49. The van der Waals surface area contributed by atoms with Crippen LogP contribution in [0.25, 0.3) is 0 Å². The summed E-state index contributed by atoms with van der Waals surface area (Å²) in [6, 6.07) is 18.1. The van der Waals surface area contributed by atoms with E-state index in [9.17, 15) is 9.59 Å². The third-order valence-electron chi connectivity index (χ3n) is 5.61. The van der Waals surface area contributed by atoms with Crippen molar-refractivity contribution in [3.63, 3.8) is 0 Å². The second kappa shape index (κ2) is 12.3. The van der Waals surface area contributed by atoms with E-state index in [1.807, 2.05) is 25.1 Å². The number of nitrogens with one attached hydrogen (secondary N) is 1. The van der Waals surface area contributed by atoms with Crippen LogP contribution in [0.2, 0.25) is 0 Å². The summed E-state index contributed by atoms with van der Waals surface area (Å²) in [4.78, 5) is 27.6. The quantitative estimate of drug-likeness (QED) is 0.555. The first-order valence-electron chi connectivity index (χ1n) is 11.5. The van der Waals surface area contributed by atoms with E-state index >= 15 is 0 Å². The molecule has 2 rings (SSSR count). The zero-order valence-electron chi connectivity index (χ0n) is 19.7. The fourth-order valence-electron chi connectivity index (χ4n) is 3.49. The standard InChI is InChI=1S/C27H38N2O2/c1-20(2)19-28-27(31)22(5)29(18-17-23-9-7-6-8-10-23)26(30)16-13-24-11-14-25(15-12-24)21(3)4/h6-12,14-15,20-22H,13,16-19H2,1-5H3,(H,28,31)/t22-/m1/s1. The molecule has 168 valence electrons. The van der Waals surface area contributed by atoms with Gasteiger partial charge in [-0.05, 0) is 48.3 Å². The van der Waals surface area contributed by atoms with Crippen molar-refractivity contribution >= 4 is 11.8 Å². The van der Waals surface area contributed by atoms with Gasteiger partial charge < -0.3 is 10.2 Å². The smallest absolute Gasteiger partial charge is 0.242 e. The van der Waals surface area contributed by atoms with Gasteiger partial charge >= 0.3 is 0 Å². The van der Waals surface area contributed by atoms with Crippen LogP contribution in [-0.4, -0.2) is 35.8 Å². The van der Waals surface area contributed by atoms with Gasteiger partial charge in [0.2, 0.25) is 11.8 Å². The van der Waals surface area contributed by atoms with E-state index in [4.69, 9.17) is 0 Å². The molecule has 2 amide bonds. The predicted molar refractivity (Wildman–Crippen MR) is 128 cm³/mol. The maximum Gasteiger partial charge on any atom is 0.242 e. The highest BCUT2D eigenvalue weighted by Crippen LogP contribution is 2.16. The van der Waals surface area contributed by atoms with E-state index in [-0.39, 0.29) is 11.8 Å². The Bertz CT molecular complexity index is 813. The highest BCUT2D eigenvalue weighted by atomic mass is 16.2. The molecule has 0 saturated carbocycles. The van der Waals surface area contributed by atoms with Crippen molar-refractivity contribution < 1.29 is 9.59 Å². The molecule has 0 bridgehead atoms. The van der Waals surface area contributed by atoms with Crippen molar-refractivity contribution in [1.82, 2.24) is 10.2 Å². The van der Waals surface area contributed by atoms with Crippen LogP contribution in [0.15, 0.2) is 54.6 Å². The summed E-state index contributed by atoms with van der Waals surface area (Å²) in [5, 5.41) is 2.97. The molecular weight excluding hydrogens is 384 g/mol. The van der Waals surface area contributed by atoms with Crippen molar-refractivity contribution in [2.24, 2.45) is 5.92 Å². The fraction of sp³-hybridized carbons (Fsp3) is 0.481. The predicted octanol–water partition coefficient (Wildman–Crippen LogP) is 4.97. The first kappa shape index (κ1) is 24.6. The molecule has 2 aromatic carbocycles. The zero-order valence-corrected chi connectivity index (χ0v) is 19.7. The molecule has 0 radical (unpaired) electrons. The number of benzene rings is 2. The normalized spacial score (nSPS) is 12.1. The number of aryl methyl sites for hydroxylation is 1. The van der Waals surface area contributed by atoms with Gasteiger partial charge in [0.1, 0.15) is 6.04 Å². The Morgan fingerprint density at radius 3 is 2.03 bits per heavy atom. The van der Waals surface area contributed by atoms with Gasteiger partial charge in [-0.3, -0.25) is 9.59 Å². The molecule has 0 heterocycles. The van der Waals surface area contributed by atoms with Crippen molar-refractivity contribution in [1.29, 1.82) is 0 Å². The lowest BCUT2D eigenvalue weighted by molar-refractivity contribution is -0.139. The van der Waals surface area contributed by atoms with Crippen LogP contribution in [0.1, 0.15) is 63.6 Å². The summed E-state index contributed by atoms with van der Waals surface area (Å²) in [6.07, 6.45) is 1.81. The molecule has 0 aliphatic rings. The molecular formula is C27H38N2O2. The third-order valence-corrected chi connectivity index (χ3v) is 5.61. The molecule has 0 saturated heterocycles. The lowest BCUT2D eigenvalue weighted by atomic mass is 10.00. The minimum Gasteiger partial charge on any atom is -0.354 e. The van der Waals surface area contributed by atoms with Crippen molar-refractivity contribution in [2.75, 3.05) is 13.1 Å². The van der Waals surface area contributed by atoms with E-state index < -0.39 is 6.04 Å². The van der Waals surface area contributed by atoms with Crippen LogP contribution in [0.4, 0.5) is 0 Å². The molecule has 1 N–H and O–H groups in total. The monoisotopic (exact) mass is 422 g/mol. The lowest BCUT2D eigenvalue weighted by Crippen LogP contribution is -2.49. The van der Waals surface area contributed by atoms with Crippen LogP contribution >= 0.6 is 0 Å². The van der Waals surface area contributed by atoms with Crippen LogP contribution < -0.4 is 5.32 Å². The van der Waals surface area contributed by atoms with E-state index in [1.54, 1.807) is 4.90 Å². The van der Waals surface area contributed by atoms with Gasteiger partial charge in [-0.2, -0.15) is 0 Å². The van der Waals surface area contributed by atoms with Gasteiger partial charge in [-0.1, -0.05) is 82.3 Å². The number of carbonyl (C=O) groups is 2. The van der Waals surface area contributed by atoms with Gasteiger partial charge in [0, 0.05) is 19.5 Å². The van der Waals surface area contributed by atoms with E-state index in [0.29, 0.717) is 37.8 Å². The number of nitrogens with zero attached hydrogens (tertiary/aromatic N) is 1. The van der Waals surface area contributed by atoms with Crippen LogP contribution in [0.3, 0.4) is 0 Å². The molecule has 0 unspecified atom stereocenters. The molecule has 4 heteroatoms. The maximum absolute atomic E-state index is 13.1. The molecule has 0 fully saturated rings. The van der Waals surface area contributed by atoms with Crippen LogP contribution in [0, 0.1) is 5.92 Å². The number of rotatable bonds is 11. The SMILES string of the molecule is CC(C)CNC(=O)[C@@H](C)N(CCc1ccccc1)C(=O)CCc1ccc(C(C)C)cc1. The summed E-state index contributed by atoms with van der Waals surface area (Å²) in [5.41, 5.74) is 3.62. The molecule has 4 nitrogen and oxygen atoms in total. The number of carbonyl (C=O) groups excluding carboxylic acids is 2. The Morgan fingerprint density at radius 2 is 1.45 bits per heavy atom. The minimum atomic E-state index is -0.488. The Hall–Kier alpha value is -2.62. The average Bonchev–Trinajstić information content (AvgIpc) is 2.76. The minimum absolute atomic E-state index is 0.0241. The van der Waals surface area contributed by atoms with Gasteiger partial charge in [0.05, 0.1) is 0 Å². The Kier molecular flexibility index (Phi) is 9.77. The van der Waals surface area contributed by atoms with Crippen molar-refractivity contribution in [3.8, 4) is 0 Å².